The van der Waals surface area contributed by atoms with Gasteiger partial charge in [0.1, 0.15) is 5.76 Å². The van der Waals surface area contributed by atoms with Crippen molar-refractivity contribution in [1.29, 1.82) is 0 Å². The van der Waals surface area contributed by atoms with Gasteiger partial charge in [0.2, 0.25) is 0 Å². The molecule has 2 nitrogen and oxygen atoms in total. The summed E-state index contributed by atoms with van der Waals surface area (Å²) in [5.41, 5.74) is 1.05. The highest BCUT2D eigenvalue weighted by atomic mass is 16.5. The first-order valence-electron chi connectivity index (χ1n) is 5.07. The SMILES string of the molecule is CC(C)c1cc(C2C=CC=CC2)no1. The summed E-state index contributed by atoms with van der Waals surface area (Å²) in [5, 5.41) is 4.10. The minimum absolute atomic E-state index is 0.399. The Kier molecular flexibility index (Phi) is 2.53. The Bertz CT molecular complexity index is 360. The maximum atomic E-state index is 5.27. The number of hydrogen-bond acceptors (Lipinski definition) is 2. The first-order chi connectivity index (χ1) is 6.77. The van der Waals surface area contributed by atoms with Crippen LogP contribution in [0.15, 0.2) is 34.9 Å². The van der Waals surface area contributed by atoms with Gasteiger partial charge in [-0.1, -0.05) is 43.3 Å². The van der Waals surface area contributed by atoms with Crippen molar-refractivity contribution >= 4 is 0 Å². The number of hydrogen-bond donors (Lipinski definition) is 0. The average Bonchev–Trinajstić information content (AvgIpc) is 2.68. The molecule has 0 amide bonds. The normalized spacial score (nSPS) is 20.6. The molecule has 0 radical (unpaired) electrons. The Morgan fingerprint density at radius 3 is 2.86 bits per heavy atom. The van der Waals surface area contributed by atoms with E-state index in [0.29, 0.717) is 11.8 Å². The zero-order valence-corrected chi connectivity index (χ0v) is 8.60. The average molecular weight is 189 g/mol. The van der Waals surface area contributed by atoms with Crippen LogP contribution in [-0.4, -0.2) is 5.16 Å². The summed E-state index contributed by atoms with van der Waals surface area (Å²) in [7, 11) is 0. The monoisotopic (exact) mass is 189 g/mol. The van der Waals surface area contributed by atoms with Crippen LogP contribution in [0.25, 0.3) is 0 Å². The van der Waals surface area contributed by atoms with Gasteiger partial charge in [0, 0.05) is 17.9 Å². The predicted octanol–water partition coefficient (Wildman–Crippen LogP) is 3.40. The summed E-state index contributed by atoms with van der Waals surface area (Å²) < 4.78 is 5.27. The van der Waals surface area contributed by atoms with E-state index < -0.39 is 0 Å². The maximum absolute atomic E-state index is 5.27. The molecule has 0 fully saturated rings. The Balaban J connectivity index is 2.16. The van der Waals surface area contributed by atoms with Gasteiger partial charge in [-0.3, -0.25) is 0 Å². The van der Waals surface area contributed by atoms with Gasteiger partial charge in [0.15, 0.2) is 0 Å². The molecule has 1 atom stereocenters. The predicted molar refractivity (Wildman–Crippen MR) is 56.2 cm³/mol. The summed E-state index contributed by atoms with van der Waals surface area (Å²) >= 11 is 0. The zero-order valence-electron chi connectivity index (χ0n) is 8.60. The number of rotatable bonds is 2. The number of aromatic nitrogens is 1. The Labute approximate surface area is 84.3 Å². The van der Waals surface area contributed by atoms with Crippen molar-refractivity contribution < 1.29 is 4.52 Å². The van der Waals surface area contributed by atoms with Gasteiger partial charge in [-0.15, -0.1) is 0 Å². The molecule has 0 saturated heterocycles. The van der Waals surface area contributed by atoms with E-state index in [2.05, 4.69) is 49.4 Å². The summed E-state index contributed by atoms with van der Waals surface area (Å²) in [4.78, 5) is 0. The van der Waals surface area contributed by atoms with Crippen molar-refractivity contribution in [3.05, 3.63) is 41.8 Å². The molecule has 0 N–H and O–H groups in total. The molecule has 0 aliphatic heterocycles. The van der Waals surface area contributed by atoms with Crippen LogP contribution in [0.3, 0.4) is 0 Å². The smallest absolute Gasteiger partial charge is 0.139 e. The fourth-order valence-corrected chi connectivity index (χ4v) is 1.55. The zero-order chi connectivity index (χ0) is 9.97. The van der Waals surface area contributed by atoms with Gasteiger partial charge in [-0.05, 0) is 6.42 Å². The molecule has 1 unspecified atom stereocenters. The number of allylic oxidation sites excluding steroid dienone is 4. The molecule has 1 aliphatic carbocycles. The Hall–Kier alpha value is -1.31. The molecule has 74 valence electrons. The van der Waals surface area contributed by atoms with Gasteiger partial charge >= 0.3 is 0 Å². The van der Waals surface area contributed by atoms with Crippen LogP contribution in [0.4, 0.5) is 0 Å². The molecule has 2 rings (SSSR count). The second-order valence-corrected chi connectivity index (χ2v) is 3.96. The van der Waals surface area contributed by atoms with E-state index in [1.807, 2.05) is 0 Å². The van der Waals surface area contributed by atoms with Gasteiger partial charge in [0.05, 0.1) is 5.69 Å². The minimum atomic E-state index is 0.399. The van der Waals surface area contributed by atoms with Crippen molar-refractivity contribution in [3.63, 3.8) is 0 Å². The van der Waals surface area contributed by atoms with Crippen molar-refractivity contribution in [2.24, 2.45) is 0 Å². The Morgan fingerprint density at radius 2 is 2.29 bits per heavy atom. The molecular formula is C12H15NO. The van der Waals surface area contributed by atoms with Crippen molar-refractivity contribution in [1.82, 2.24) is 5.16 Å². The van der Waals surface area contributed by atoms with Crippen molar-refractivity contribution in [2.45, 2.75) is 32.1 Å². The van der Waals surface area contributed by atoms with E-state index in [-0.39, 0.29) is 0 Å². The van der Waals surface area contributed by atoms with Crippen LogP contribution in [0, 0.1) is 0 Å². The van der Waals surface area contributed by atoms with Crippen molar-refractivity contribution in [2.75, 3.05) is 0 Å². The molecule has 2 heteroatoms. The fraction of sp³-hybridized carbons (Fsp3) is 0.417. The molecule has 0 aromatic carbocycles. The van der Waals surface area contributed by atoms with Crippen LogP contribution in [0.1, 0.15) is 43.6 Å². The second-order valence-electron chi connectivity index (χ2n) is 3.96. The highest BCUT2D eigenvalue weighted by Gasteiger charge is 2.15. The Morgan fingerprint density at radius 1 is 1.43 bits per heavy atom. The van der Waals surface area contributed by atoms with E-state index >= 15 is 0 Å². The molecule has 0 saturated carbocycles. The van der Waals surface area contributed by atoms with Crippen LogP contribution in [0.2, 0.25) is 0 Å². The van der Waals surface area contributed by atoms with E-state index in [4.69, 9.17) is 4.52 Å². The van der Waals surface area contributed by atoms with E-state index in [9.17, 15) is 0 Å². The highest BCUT2D eigenvalue weighted by Crippen LogP contribution is 2.26. The third kappa shape index (κ3) is 1.79. The lowest BCUT2D eigenvalue weighted by molar-refractivity contribution is 0.364. The fourth-order valence-electron chi connectivity index (χ4n) is 1.55. The van der Waals surface area contributed by atoms with Crippen LogP contribution >= 0.6 is 0 Å². The quantitative estimate of drug-likeness (QED) is 0.712. The largest absolute Gasteiger partial charge is 0.361 e. The summed E-state index contributed by atoms with van der Waals surface area (Å²) in [6, 6.07) is 2.07. The minimum Gasteiger partial charge on any atom is -0.361 e. The highest BCUT2D eigenvalue weighted by molar-refractivity contribution is 5.24. The van der Waals surface area contributed by atoms with Gasteiger partial charge in [-0.2, -0.15) is 0 Å². The third-order valence-corrected chi connectivity index (χ3v) is 2.48. The van der Waals surface area contributed by atoms with Crippen LogP contribution in [-0.2, 0) is 0 Å². The standard InChI is InChI=1S/C12H15NO/c1-9(2)12-8-11(13-14-12)10-6-4-3-5-7-10/h3-6,8-10H,7H2,1-2H3. The van der Waals surface area contributed by atoms with Gasteiger partial charge in [-0.25, -0.2) is 0 Å². The summed E-state index contributed by atoms with van der Waals surface area (Å²) in [6.07, 6.45) is 9.49. The number of nitrogens with zero attached hydrogens (tertiary/aromatic N) is 1. The lowest BCUT2D eigenvalue weighted by Crippen LogP contribution is -1.95. The molecule has 14 heavy (non-hydrogen) atoms. The maximum Gasteiger partial charge on any atom is 0.139 e. The van der Waals surface area contributed by atoms with Gasteiger partial charge in [0.25, 0.3) is 0 Å². The molecule has 1 aliphatic rings. The molecule has 0 bridgehead atoms. The summed E-state index contributed by atoms with van der Waals surface area (Å²) in [5.74, 6) is 1.79. The van der Waals surface area contributed by atoms with Crippen LogP contribution < -0.4 is 0 Å². The van der Waals surface area contributed by atoms with Gasteiger partial charge < -0.3 is 4.52 Å². The lowest BCUT2D eigenvalue weighted by Gasteiger charge is -2.07. The molecule has 1 aromatic heterocycles. The van der Waals surface area contributed by atoms with E-state index in [1.165, 1.54) is 0 Å². The topological polar surface area (TPSA) is 26.0 Å². The molecular weight excluding hydrogens is 174 g/mol. The first kappa shape index (κ1) is 9.25. The van der Waals surface area contributed by atoms with Crippen LogP contribution in [0.5, 0.6) is 0 Å². The first-order valence-corrected chi connectivity index (χ1v) is 5.07. The summed E-state index contributed by atoms with van der Waals surface area (Å²) in [6.45, 7) is 4.22. The molecule has 0 spiro atoms. The molecule has 1 aromatic rings. The second kappa shape index (κ2) is 3.82. The van der Waals surface area contributed by atoms with Crippen molar-refractivity contribution in [3.8, 4) is 0 Å². The van der Waals surface area contributed by atoms with E-state index in [0.717, 1.165) is 17.9 Å². The molecule has 1 heterocycles. The third-order valence-electron chi connectivity index (χ3n) is 2.48. The van der Waals surface area contributed by atoms with E-state index in [1.54, 1.807) is 0 Å². The lowest BCUT2D eigenvalue weighted by atomic mass is 9.96.